The van der Waals surface area contributed by atoms with Gasteiger partial charge in [0.1, 0.15) is 29.4 Å². The molecular formula is C14H12O5. The number of phenolic OH excluding ortho intramolecular Hbond substituents is 1. The van der Waals surface area contributed by atoms with E-state index in [2.05, 4.69) is 0 Å². The highest BCUT2D eigenvalue weighted by Gasteiger charge is 2.09. The van der Waals surface area contributed by atoms with E-state index < -0.39 is 5.97 Å². The summed E-state index contributed by atoms with van der Waals surface area (Å²) in [6, 6.07) is 10.5. The Balaban J connectivity index is 2.06. The zero-order valence-electron chi connectivity index (χ0n) is 9.91. The molecule has 0 aliphatic heterocycles. The average Bonchev–Trinajstić information content (AvgIpc) is 2.37. The molecule has 0 spiro atoms. The van der Waals surface area contributed by atoms with E-state index in [1.807, 2.05) is 0 Å². The second-order valence-electron chi connectivity index (χ2n) is 3.94. The van der Waals surface area contributed by atoms with E-state index in [9.17, 15) is 9.90 Å². The summed E-state index contributed by atoms with van der Waals surface area (Å²) in [7, 11) is 0. The lowest BCUT2D eigenvalue weighted by Crippen LogP contribution is -1.99. The van der Waals surface area contributed by atoms with Gasteiger partial charge in [-0.05, 0) is 42.0 Å². The predicted molar refractivity (Wildman–Crippen MR) is 67.5 cm³/mol. The van der Waals surface area contributed by atoms with Crippen LogP contribution >= 0.6 is 0 Å². The van der Waals surface area contributed by atoms with Crippen LogP contribution in [0.1, 0.15) is 15.9 Å². The lowest BCUT2D eigenvalue weighted by atomic mass is 10.1. The standard InChI is InChI=1S/C14H12O5/c15-10-2-4-11(5-3-10)19-8-9-1-6-12(14(17)18)13(16)7-9/h1-7,15-16H,8H2,(H,17,18). The molecule has 19 heavy (non-hydrogen) atoms. The Kier molecular flexibility index (Phi) is 3.56. The first kappa shape index (κ1) is 12.8. The third-order valence-corrected chi connectivity index (χ3v) is 2.53. The molecule has 0 bridgehead atoms. The maximum Gasteiger partial charge on any atom is 0.339 e. The Hall–Kier alpha value is -2.69. The highest BCUT2D eigenvalue weighted by Crippen LogP contribution is 2.21. The Labute approximate surface area is 109 Å². The molecule has 0 saturated carbocycles. The van der Waals surface area contributed by atoms with Crippen LogP contribution in [0.5, 0.6) is 17.2 Å². The molecule has 0 aromatic heterocycles. The molecule has 0 amide bonds. The average molecular weight is 260 g/mol. The normalized spacial score (nSPS) is 10.1. The molecule has 0 radical (unpaired) electrons. The number of carboxylic acids is 1. The number of carbonyl (C=O) groups is 1. The summed E-state index contributed by atoms with van der Waals surface area (Å²) >= 11 is 0. The minimum atomic E-state index is -1.18. The van der Waals surface area contributed by atoms with E-state index in [4.69, 9.17) is 14.9 Å². The first-order valence-electron chi connectivity index (χ1n) is 5.53. The van der Waals surface area contributed by atoms with Crippen LogP contribution in [0, 0.1) is 0 Å². The first-order valence-corrected chi connectivity index (χ1v) is 5.53. The quantitative estimate of drug-likeness (QED) is 0.785. The molecule has 0 unspecified atom stereocenters. The largest absolute Gasteiger partial charge is 0.508 e. The number of benzene rings is 2. The fraction of sp³-hybridized carbons (Fsp3) is 0.0714. The Morgan fingerprint density at radius 1 is 1.05 bits per heavy atom. The summed E-state index contributed by atoms with van der Waals surface area (Å²) < 4.78 is 5.43. The zero-order chi connectivity index (χ0) is 13.8. The predicted octanol–water partition coefficient (Wildman–Crippen LogP) is 2.38. The lowest BCUT2D eigenvalue weighted by molar-refractivity contribution is 0.0693. The van der Waals surface area contributed by atoms with E-state index in [1.54, 1.807) is 18.2 Å². The minimum absolute atomic E-state index is 0.145. The summed E-state index contributed by atoms with van der Waals surface area (Å²) in [6.07, 6.45) is 0. The Morgan fingerprint density at radius 2 is 1.74 bits per heavy atom. The van der Waals surface area contributed by atoms with Gasteiger partial charge in [0.2, 0.25) is 0 Å². The Bertz CT molecular complexity index is 589. The van der Waals surface area contributed by atoms with Gasteiger partial charge >= 0.3 is 5.97 Å². The summed E-state index contributed by atoms with van der Waals surface area (Å²) in [5.74, 6) is -0.752. The molecule has 0 aliphatic rings. The van der Waals surface area contributed by atoms with E-state index in [0.29, 0.717) is 11.3 Å². The number of aromatic carboxylic acids is 1. The van der Waals surface area contributed by atoms with Gasteiger partial charge in [0.15, 0.2) is 0 Å². The van der Waals surface area contributed by atoms with E-state index >= 15 is 0 Å². The second kappa shape index (κ2) is 5.30. The van der Waals surface area contributed by atoms with Crippen molar-refractivity contribution in [1.29, 1.82) is 0 Å². The molecule has 5 nitrogen and oxygen atoms in total. The molecule has 0 fully saturated rings. The van der Waals surface area contributed by atoms with Crippen LogP contribution in [-0.4, -0.2) is 21.3 Å². The van der Waals surface area contributed by atoms with E-state index in [1.165, 1.54) is 24.3 Å². The van der Waals surface area contributed by atoms with Gasteiger partial charge in [0.25, 0.3) is 0 Å². The summed E-state index contributed by atoms with van der Waals surface area (Å²) in [5.41, 5.74) is 0.504. The van der Waals surface area contributed by atoms with Crippen molar-refractivity contribution in [3.8, 4) is 17.2 Å². The van der Waals surface area contributed by atoms with E-state index in [-0.39, 0.29) is 23.7 Å². The highest BCUT2D eigenvalue weighted by molar-refractivity contribution is 5.90. The Morgan fingerprint density at radius 3 is 2.32 bits per heavy atom. The molecule has 0 saturated heterocycles. The number of ether oxygens (including phenoxy) is 1. The number of rotatable bonds is 4. The molecule has 2 rings (SSSR count). The van der Waals surface area contributed by atoms with Gasteiger partial charge in [-0.1, -0.05) is 6.07 Å². The van der Waals surface area contributed by atoms with Gasteiger partial charge in [-0.3, -0.25) is 0 Å². The van der Waals surface area contributed by atoms with Crippen LogP contribution in [0.2, 0.25) is 0 Å². The van der Waals surface area contributed by atoms with Crippen LogP contribution < -0.4 is 4.74 Å². The maximum absolute atomic E-state index is 10.7. The minimum Gasteiger partial charge on any atom is -0.508 e. The molecule has 0 heterocycles. The van der Waals surface area contributed by atoms with Crippen LogP contribution in [-0.2, 0) is 6.61 Å². The van der Waals surface area contributed by atoms with Gasteiger partial charge in [0, 0.05) is 0 Å². The van der Waals surface area contributed by atoms with Gasteiger partial charge in [-0.15, -0.1) is 0 Å². The fourth-order valence-corrected chi connectivity index (χ4v) is 1.56. The van der Waals surface area contributed by atoms with Crippen LogP contribution in [0.15, 0.2) is 42.5 Å². The SMILES string of the molecule is O=C(O)c1ccc(COc2ccc(O)cc2)cc1O. The van der Waals surface area contributed by atoms with Gasteiger partial charge in [-0.25, -0.2) is 4.79 Å². The van der Waals surface area contributed by atoms with Crippen LogP contribution in [0.25, 0.3) is 0 Å². The number of carboxylic acid groups (broad SMARTS) is 1. The molecule has 0 aliphatic carbocycles. The van der Waals surface area contributed by atoms with Gasteiger partial charge < -0.3 is 20.1 Å². The molecular weight excluding hydrogens is 248 g/mol. The molecule has 98 valence electrons. The monoisotopic (exact) mass is 260 g/mol. The van der Waals surface area contributed by atoms with Crippen molar-refractivity contribution in [1.82, 2.24) is 0 Å². The van der Waals surface area contributed by atoms with Gasteiger partial charge in [-0.2, -0.15) is 0 Å². The van der Waals surface area contributed by atoms with Crippen molar-refractivity contribution in [2.75, 3.05) is 0 Å². The first-order chi connectivity index (χ1) is 9.06. The number of hydrogen-bond donors (Lipinski definition) is 3. The molecule has 3 N–H and O–H groups in total. The van der Waals surface area contributed by atoms with Crippen molar-refractivity contribution in [3.63, 3.8) is 0 Å². The fourth-order valence-electron chi connectivity index (χ4n) is 1.56. The highest BCUT2D eigenvalue weighted by atomic mass is 16.5. The molecule has 5 heteroatoms. The lowest BCUT2D eigenvalue weighted by Gasteiger charge is -2.07. The van der Waals surface area contributed by atoms with Crippen molar-refractivity contribution in [2.24, 2.45) is 0 Å². The topological polar surface area (TPSA) is 87.0 Å². The van der Waals surface area contributed by atoms with Crippen molar-refractivity contribution in [2.45, 2.75) is 6.61 Å². The third kappa shape index (κ3) is 3.16. The summed E-state index contributed by atoms with van der Waals surface area (Å²) in [6.45, 7) is 0.193. The van der Waals surface area contributed by atoms with Crippen molar-refractivity contribution < 1.29 is 24.9 Å². The van der Waals surface area contributed by atoms with Crippen LogP contribution in [0.3, 0.4) is 0 Å². The van der Waals surface area contributed by atoms with Crippen molar-refractivity contribution >= 4 is 5.97 Å². The van der Waals surface area contributed by atoms with Crippen LogP contribution in [0.4, 0.5) is 0 Å². The van der Waals surface area contributed by atoms with Crippen molar-refractivity contribution in [3.05, 3.63) is 53.6 Å². The molecule has 0 atom stereocenters. The second-order valence-corrected chi connectivity index (χ2v) is 3.94. The zero-order valence-corrected chi connectivity index (χ0v) is 9.91. The van der Waals surface area contributed by atoms with Gasteiger partial charge in [0.05, 0.1) is 0 Å². The molecule has 2 aromatic rings. The summed E-state index contributed by atoms with van der Waals surface area (Å²) in [4.78, 5) is 10.7. The molecule has 2 aromatic carbocycles. The van der Waals surface area contributed by atoms with E-state index in [0.717, 1.165) is 0 Å². The third-order valence-electron chi connectivity index (χ3n) is 2.53. The number of phenols is 2. The maximum atomic E-state index is 10.7. The smallest absolute Gasteiger partial charge is 0.339 e. The summed E-state index contributed by atoms with van der Waals surface area (Å²) in [5, 5.41) is 27.4. The number of hydrogen-bond acceptors (Lipinski definition) is 4. The number of aromatic hydroxyl groups is 2.